The molecule has 94 valence electrons. The van der Waals surface area contributed by atoms with Gasteiger partial charge in [0.2, 0.25) is 0 Å². The summed E-state index contributed by atoms with van der Waals surface area (Å²) in [5, 5.41) is 8.77. The molecule has 0 bridgehead atoms. The van der Waals surface area contributed by atoms with Crippen LogP contribution < -0.4 is 0 Å². The highest BCUT2D eigenvalue weighted by atomic mass is 16.5. The van der Waals surface area contributed by atoms with Crippen LogP contribution in [0.1, 0.15) is 12.0 Å². The van der Waals surface area contributed by atoms with Crippen molar-refractivity contribution in [3.05, 3.63) is 60.2 Å². The molecule has 0 amide bonds. The third-order valence-corrected chi connectivity index (χ3v) is 2.11. The Kier molecular flexibility index (Phi) is 8.96. The monoisotopic (exact) mass is 236 g/mol. The molecule has 1 aromatic rings. The van der Waals surface area contributed by atoms with E-state index < -0.39 is 0 Å². The SMILES string of the molecule is COCc1ccccc1.O.OC1C=CC=CC1. The highest BCUT2D eigenvalue weighted by Gasteiger charge is 1.95. The fourth-order valence-electron chi connectivity index (χ4n) is 1.31. The molecule has 0 aromatic heterocycles. The molecule has 1 unspecified atom stereocenters. The van der Waals surface area contributed by atoms with E-state index in [1.807, 2.05) is 48.6 Å². The fraction of sp³-hybridized carbons (Fsp3) is 0.286. The molecule has 0 aliphatic heterocycles. The van der Waals surface area contributed by atoms with Crippen LogP contribution in [0.4, 0.5) is 0 Å². The smallest absolute Gasteiger partial charge is 0.0758 e. The second kappa shape index (κ2) is 9.78. The number of hydrogen-bond acceptors (Lipinski definition) is 2. The van der Waals surface area contributed by atoms with Crippen LogP contribution in [-0.2, 0) is 11.3 Å². The molecule has 3 heteroatoms. The van der Waals surface area contributed by atoms with E-state index in [9.17, 15) is 0 Å². The second-order valence-corrected chi connectivity index (χ2v) is 3.53. The van der Waals surface area contributed by atoms with Gasteiger partial charge in [0.1, 0.15) is 0 Å². The van der Waals surface area contributed by atoms with Crippen molar-refractivity contribution in [2.24, 2.45) is 0 Å². The largest absolute Gasteiger partial charge is 0.412 e. The topological polar surface area (TPSA) is 61.0 Å². The molecule has 0 radical (unpaired) electrons. The Morgan fingerprint density at radius 2 is 1.94 bits per heavy atom. The minimum absolute atomic E-state index is 0. The standard InChI is InChI=1S/C8H10O.C6H8O.H2O/c1-9-7-8-5-3-2-4-6-8;7-6-4-2-1-3-5-6;/h2-6H,7H2,1H3;1-4,6-7H,5H2;1H2. The lowest BCUT2D eigenvalue weighted by molar-refractivity contribution is 0.185. The zero-order chi connectivity index (χ0) is 11.6. The van der Waals surface area contributed by atoms with Gasteiger partial charge in [-0.3, -0.25) is 0 Å². The molecule has 0 saturated carbocycles. The summed E-state index contributed by atoms with van der Waals surface area (Å²) in [5.41, 5.74) is 1.22. The third kappa shape index (κ3) is 7.47. The Balaban J connectivity index is 0.000000292. The molecule has 0 spiro atoms. The van der Waals surface area contributed by atoms with Gasteiger partial charge < -0.3 is 15.3 Å². The molecule has 3 N–H and O–H groups in total. The molecular weight excluding hydrogens is 216 g/mol. The molecule has 1 aliphatic carbocycles. The number of hydrogen-bond donors (Lipinski definition) is 1. The van der Waals surface area contributed by atoms with Gasteiger partial charge in [-0.15, -0.1) is 0 Å². The van der Waals surface area contributed by atoms with E-state index in [2.05, 4.69) is 0 Å². The van der Waals surface area contributed by atoms with E-state index in [1.165, 1.54) is 5.56 Å². The Morgan fingerprint density at radius 1 is 1.24 bits per heavy atom. The minimum Gasteiger partial charge on any atom is -0.412 e. The summed E-state index contributed by atoms with van der Waals surface area (Å²) >= 11 is 0. The predicted molar refractivity (Wildman–Crippen MR) is 69.7 cm³/mol. The molecule has 0 fully saturated rings. The Labute approximate surface area is 102 Å². The lowest BCUT2D eigenvalue weighted by Crippen LogP contribution is -2.00. The van der Waals surface area contributed by atoms with Gasteiger partial charge in [0.15, 0.2) is 0 Å². The maximum absolute atomic E-state index is 8.77. The first-order valence-corrected chi connectivity index (χ1v) is 5.37. The van der Waals surface area contributed by atoms with Crippen molar-refractivity contribution in [1.82, 2.24) is 0 Å². The summed E-state index contributed by atoms with van der Waals surface area (Å²) in [6.07, 6.45) is 8.06. The number of ether oxygens (including phenoxy) is 1. The van der Waals surface area contributed by atoms with Gasteiger partial charge in [-0.2, -0.15) is 0 Å². The summed E-state index contributed by atoms with van der Waals surface area (Å²) < 4.78 is 4.93. The van der Waals surface area contributed by atoms with E-state index >= 15 is 0 Å². The third-order valence-electron chi connectivity index (χ3n) is 2.11. The number of benzene rings is 1. The highest BCUT2D eigenvalue weighted by molar-refractivity contribution is 5.13. The molecule has 3 nitrogen and oxygen atoms in total. The maximum Gasteiger partial charge on any atom is 0.0758 e. The van der Waals surface area contributed by atoms with E-state index in [0.717, 1.165) is 6.42 Å². The lowest BCUT2D eigenvalue weighted by atomic mass is 10.1. The number of allylic oxidation sites excluding steroid dienone is 2. The Hall–Kier alpha value is -1.42. The molecular formula is C14H20O3. The number of aliphatic hydroxyl groups excluding tert-OH is 1. The van der Waals surface area contributed by atoms with Gasteiger partial charge in [-0.05, 0) is 12.0 Å². The molecule has 1 atom stereocenters. The van der Waals surface area contributed by atoms with E-state index in [-0.39, 0.29) is 11.6 Å². The Bertz CT molecular complexity index is 331. The summed E-state index contributed by atoms with van der Waals surface area (Å²) in [7, 11) is 1.70. The number of rotatable bonds is 2. The van der Waals surface area contributed by atoms with Crippen molar-refractivity contribution in [3.8, 4) is 0 Å². The summed E-state index contributed by atoms with van der Waals surface area (Å²) in [5.74, 6) is 0. The van der Waals surface area contributed by atoms with Gasteiger partial charge in [0.05, 0.1) is 12.7 Å². The average molecular weight is 236 g/mol. The zero-order valence-corrected chi connectivity index (χ0v) is 10.0. The second-order valence-electron chi connectivity index (χ2n) is 3.53. The van der Waals surface area contributed by atoms with Crippen molar-refractivity contribution in [2.75, 3.05) is 7.11 Å². The minimum atomic E-state index is -0.231. The van der Waals surface area contributed by atoms with Crippen molar-refractivity contribution >= 4 is 0 Å². The molecule has 0 saturated heterocycles. The normalized spacial score (nSPS) is 16.7. The van der Waals surface area contributed by atoms with Crippen molar-refractivity contribution in [2.45, 2.75) is 19.1 Å². The van der Waals surface area contributed by atoms with Crippen LogP contribution in [0.25, 0.3) is 0 Å². The fourth-order valence-corrected chi connectivity index (χ4v) is 1.31. The molecule has 0 heterocycles. The molecule has 1 aromatic carbocycles. The first kappa shape index (κ1) is 15.6. The van der Waals surface area contributed by atoms with Crippen LogP contribution in [0, 0.1) is 0 Å². The molecule has 2 rings (SSSR count). The quantitative estimate of drug-likeness (QED) is 0.852. The van der Waals surface area contributed by atoms with E-state index in [0.29, 0.717) is 6.61 Å². The summed E-state index contributed by atoms with van der Waals surface area (Å²) in [4.78, 5) is 0. The van der Waals surface area contributed by atoms with E-state index in [1.54, 1.807) is 13.2 Å². The summed E-state index contributed by atoms with van der Waals surface area (Å²) in [6.45, 7) is 0.709. The van der Waals surface area contributed by atoms with Crippen LogP contribution in [0.5, 0.6) is 0 Å². The number of methoxy groups -OCH3 is 1. The van der Waals surface area contributed by atoms with Gasteiger partial charge in [0.25, 0.3) is 0 Å². The van der Waals surface area contributed by atoms with Gasteiger partial charge >= 0.3 is 0 Å². The Morgan fingerprint density at radius 3 is 2.35 bits per heavy atom. The van der Waals surface area contributed by atoms with Crippen LogP contribution in [0.3, 0.4) is 0 Å². The van der Waals surface area contributed by atoms with Crippen LogP contribution in [0.15, 0.2) is 54.6 Å². The van der Waals surface area contributed by atoms with Gasteiger partial charge in [-0.25, -0.2) is 0 Å². The highest BCUT2D eigenvalue weighted by Crippen LogP contribution is 2.00. The van der Waals surface area contributed by atoms with Crippen molar-refractivity contribution in [1.29, 1.82) is 0 Å². The van der Waals surface area contributed by atoms with Crippen LogP contribution in [-0.4, -0.2) is 23.8 Å². The van der Waals surface area contributed by atoms with Gasteiger partial charge in [0, 0.05) is 7.11 Å². The molecule has 17 heavy (non-hydrogen) atoms. The van der Waals surface area contributed by atoms with E-state index in [4.69, 9.17) is 9.84 Å². The first-order chi connectivity index (χ1) is 7.83. The van der Waals surface area contributed by atoms with Crippen molar-refractivity contribution < 1.29 is 15.3 Å². The first-order valence-electron chi connectivity index (χ1n) is 5.37. The zero-order valence-electron chi connectivity index (χ0n) is 10.0. The van der Waals surface area contributed by atoms with Gasteiger partial charge in [-0.1, -0.05) is 54.6 Å². The number of aliphatic hydroxyl groups is 1. The average Bonchev–Trinajstić information content (AvgIpc) is 2.33. The maximum atomic E-state index is 8.77. The molecule has 1 aliphatic rings. The predicted octanol–water partition coefficient (Wildman–Crippen LogP) is 1.87. The summed E-state index contributed by atoms with van der Waals surface area (Å²) in [6, 6.07) is 10.1. The lowest BCUT2D eigenvalue weighted by Gasteiger charge is -2.01. The van der Waals surface area contributed by atoms with Crippen LogP contribution >= 0.6 is 0 Å². The van der Waals surface area contributed by atoms with Crippen molar-refractivity contribution in [3.63, 3.8) is 0 Å². The van der Waals surface area contributed by atoms with Crippen LogP contribution in [0.2, 0.25) is 0 Å².